The molecule has 302 valence electrons. The highest BCUT2D eigenvalue weighted by Gasteiger charge is 2.22. The predicted octanol–water partition coefficient (Wildman–Crippen LogP) is 12.9. The van der Waals surface area contributed by atoms with E-state index >= 15 is 0 Å². The molecule has 9 rings (SSSR count). The lowest BCUT2D eigenvalue weighted by atomic mass is 9.85. The van der Waals surface area contributed by atoms with Crippen LogP contribution < -0.4 is 10.6 Å². The summed E-state index contributed by atoms with van der Waals surface area (Å²) in [6, 6.07) is 47.1. The van der Waals surface area contributed by atoms with Gasteiger partial charge in [-0.2, -0.15) is 0 Å². The van der Waals surface area contributed by atoms with E-state index in [1.165, 1.54) is 11.1 Å². The molecule has 2 aromatic heterocycles. The first kappa shape index (κ1) is 39.6. The Balaban J connectivity index is 1.14. The SMILES string of the molecule is CC(C)(C)c1cc(C#Cc2cccc(C(=O)Nc3ccccc3)c2)c2[nH]c3c(ccc4c5cc(C(C)(C)C)cc(C#Cc6cccc(C(=O)Nc7ccccc7)c6)c5[nH]c43)c2c1. The van der Waals surface area contributed by atoms with Crippen LogP contribution in [0.4, 0.5) is 11.4 Å². The summed E-state index contributed by atoms with van der Waals surface area (Å²) in [6.07, 6.45) is 0. The summed E-state index contributed by atoms with van der Waals surface area (Å²) in [5, 5.41) is 10.3. The van der Waals surface area contributed by atoms with E-state index < -0.39 is 0 Å². The maximum atomic E-state index is 13.1. The number of hydrogen-bond donors (Lipinski definition) is 4. The molecule has 62 heavy (non-hydrogen) atoms. The van der Waals surface area contributed by atoms with E-state index in [9.17, 15) is 9.59 Å². The van der Waals surface area contributed by atoms with Gasteiger partial charge >= 0.3 is 0 Å². The molecule has 0 aliphatic rings. The summed E-state index contributed by atoms with van der Waals surface area (Å²) >= 11 is 0. The van der Waals surface area contributed by atoms with Crippen molar-refractivity contribution >= 4 is 66.8 Å². The minimum atomic E-state index is -0.184. The Morgan fingerprint density at radius 1 is 0.419 bits per heavy atom. The molecule has 4 N–H and O–H groups in total. The van der Waals surface area contributed by atoms with Gasteiger partial charge in [0.2, 0.25) is 0 Å². The summed E-state index contributed by atoms with van der Waals surface area (Å²) in [7, 11) is 0. The number of nitrogens with one attached hydrogen (secondary N) is 4. The number of carbonyl (C=O) groups is 2. The zero-order chi connectivity index (χ0) is 43.2. The van der Waals surface area contributed by atoms with Crippen LogP contribution in [0.3, 0.4) is 0 Å². The third-order valence-corrected chi connectivity index (χ3v) is 11.3. The molecule has 2 amide bonds. The minimum Gasteiger partial charge on any atom is -0.352 e. The van der Waals surface area contributed by atoms with Crippen molar-refractivity contribution in [3.05, 3.63) is 190 Å². The summed E-state index contributed by atoms with van der Waals surface area (Å²) in [4.78, 5) is 33.9. The highest BCUT2D eigenvalue weighted by molar-refractivity contribution is 6.23. The fourth-order valence-electron chi connectivity index (χ4n) is 7.81. The molecular formula is C56H46N4O2. The number of anilines is 2. The number of hydrogen-bond acceptors (Lipinski definition) is 2. The van der Waals surface area contributed by atoms with Gasteiger partial charge < -0.3 is 20.6 Å². The van der Waals surface area contributed by atoms with Crippen LogP contribution in [0.1, 0.15) is 95.6 Å². The van der Waals surface area contributed by atoms with Crippen molar-refractivity contribution in [1.82, 2.24) is 9.97 Å². The maximum absolute atomic E-state index is 13.1. The smallest absolute Gasteiger partial charge is 0.255 e. The number of aromatic nitrogens is 2. The molecule has 0 atom stereocenters. The number of benzene rings is 7. The fraction of sp³-hybridized carbons (Fsp3) is 0.143. The van der Waals surface area contributed by atoms with Crippen LogP contribution in [0.15, 0.2) is 146 Å². The van der Waals surface area contributed by atoms with Gasteiger partial charge in [-0.25, -0.2) is 0 Å². The number of amides is 2. The third kappa shape index (κ3) is 7.95. The van der Waals surface area contributed by atoms with Gasteiger partial charge in [-0.3, -0.25) is 9.59 Å². The Hall–Kier alpha value is -7.80. The second-order valence-electron chi connectivity index (χ2n) is 17.9. The van der Waals surface area contributed by atoms with Crippen molar-refractivity contribution < 1.29 is 9.59 Å². The highest BCUT2D eigenvalue weighted by Crippen LogP contribution is 2.40. The fourth-order valence-corrected chi connectivity index (χ4v) is 7.81. The number of carbonyl (C=O) groups excluding carboxylic acids is 2. The minimum absolute atomic E-state index is 0.128. The lowest BCUT2D eigenvalue weighted by Crippen LogP contribution is -2.11. The molecule has 0 radical (unpaired) electrons. The van der Waals surface area contributed by atoms with Gasteiger partial charge in [0, 0.05) is 66.3 Å². The quantitative estimate of drug-likeness (QED) is 0.133. The Labute approximate surface area is 361 Å². The Morgan fingerprint density at radius 3 is 1.21 bits per heavy atom. The molecule has 0 saturated heterocycles. The average Bonchev–Trinajstić information content (AvgIpc) is 3.84. The summed E-state index contributed by atoms with van der Waals surface area (Å²) < 4.78 is 0. The topological polar surface area (TPSA) is 89.8 Å². The first-order chi connectivity index (χ1) is 29.8. The van der Waals surface area contributed by atoms with Crippen molar-refractivity contribution in [2.45, 2.75) is 52.4 Å². The first-order valence-corrected chi connectivity index (χ1v) is 20.8. The van der Waals surface area contributed by atoms with Gasteiger partial charge in [0.05, 0.1) is 22.1 Å². The molecule has 6 heteroatoms. The molecule has 0 aliphatic carbocycles. The number of para-hydroxylation sites is 2. The molecule has 0 aliphatic heterocycles. The lowest BCUT2D eigenvalue weighted by Gasteiger charge is -2.19. The van der Waals surface area contributed by atoms with Crippen molar-refractivity contribution in [3.63, 3.8) is 0 Å². The first-order valence-electron chi connectivity index (χ1n) is 20.8. The number of H-pyrrole nitrogens is 2. The van der Waals surface area contributed by atoms with E-state index in [-0.39, 0.29) is 22.6 Å². The van der Waals surface area contributed by atoms with Gasteiger partial charge in [-0.15, -0.1) is 0 Å². The van der Waals surface area contributed by atoms with Gasteiger partial charge in [-0.1, -0.05) is 126 Å². The Morgan fingerprint density at radius 2 is 0.823 bits per heavy atom. The maximum Gasteiger partial charge on any atom is 0.255 e. The van der Waals surface area contributed by atoms with E-state index in [4.69, 9.17) is 0 Å². The van der Waals surface area contributed by atoms with Crippen molar-refractivity contribution in [1.29, 1.82) is 0 Å². The number of fused-ring (bicyclic) bond motifs is 7. The zero-order valence-corrected chi connectivity index (χ0v) is 35.7. The van der Waals surface area contributed by atoms with Gasteiger partial charge in [-0.05, 0) is 107 Å². The molecule has 9 aromatic rings. The van der Waals surface area contributed by atoms with E-state index in [0.29, 0.717) is 11.1 Å². The van der Waals surface area contributed by atoms with Crippen molar-refractivity contribution in [3.8, 4) is 23.7 Å². The van der Waals surface area contributed by atoms with Crippen LogP contribution in [0.2, 0.25) is 0 Å². The number of rotatable bonds is 4. The van der Waals surface area contributed by atoms with Crippen LogP contribution in [0, 0.1) is 23.7 Å². The monoisotopic (exact) mass is 806 g/mol. The van der Waals surface area contributed by atoms with Crippen molar-refractivity contribution in [2.75, 3.05) is 10.6 Å². The van der Waals surface area contributed by atoms with Gasteiger partial charge in [0.15, 0.2) is 0 Å². The van der Waals surface area contributed by atoms with E-state index in [1.54, 1.807) is 12.1 Å². The molecular weight excluding hydrogens is 761 g/mol. The standard InChI is InChI=1S/C56H46N4O2/c1-55(2,3)41-31-37(25-23-35-15-13-17-39(29-35)53(61)57-43-19-9-7-10-20-43)49-47(33-41)45-27-28-46-48-34-42(56(4,5)6)32-38(50(48)60-52(46)51(45)59-49)26-24-36-16-14-18-40(30-36)54(62)58-44-21-11-8-12-22-44/h7-22,27-34,59-60H,1-6H3,(H,57,61)(H,58,62). The molecule has 0 saturated carbocycles. The van der Waals surface area contributed by atoms with Crippen molar-refractivity contribution in [2.24, 2.45) is 0 Å². The normalized spacial score (nSPS) is 11.6. The molecule has 0 spiro atoms. The molecule has 0 bridgehead atoms. The summed E-state index contributed by atoms with van der Waals surface area (Å²) in [6.45, 7) is 13.3. The number of aromatic amines is 2. The van der Waals surface area contributed by atoms with Gasteiger partial charge in [0.1, 0.15) is 0 Å². The average molecular weight is 807 g/mol. The second kappa shape index (κ2) is 15.7. The second-order valence-corrected chi connectivity index (χ2v) is 17.9. The molecule has 7 aromatic carbocycles. The van der Waals surface area contributed by atoms with E-state index in [1.807, 2.05) is 97.1 Å². The third-order valence-electron chi connectivity index (χ3n) is 11.3. The van der Waals surface area contributed by atoms with Crippen LogP contribution in [0.25, 0.3) is 43.6 Å². The molecule has 0 unspecified atom stereocenters. The molecule has 2 heterocycles. The van der Waals surface area contributed by atoms with Crippen LogP contribution in [-0.2, 0) is 10.8 Å². The van der Waals surface area contributed by atoms with E-state index in [0.717, 1.165) is 77.2 Å². The van der Waals surface area contributed by atoms with Crippen LogP contribution in [0.5, 0.6) is 0 Å². The predicted molar refractivity (Wildman–Crippen MR) is 256 cm³/mol. The van der Waals surface area contributed by atoms with E-state index in [2.05, 4.69) is 122 Å². The van der Waals surface area contributed by atoms with Gasteiger partial charge in [0.25, 0.3) is 11.8 Å². The summed E-state index contributed by atoms with van der Waals surface area (Å²) in [5.74, 6) is 13.4. The Kier molecular flexibility index (Phi) is 10.0. The summed E-state index contributed by atoms with van der Waals surface area (Å²) in [5.41, 5.74) is 11.8. The molecule has 0 fully saturated rings. The molecule has 6 nitrogen and oxygen atoms in total. The largest absolute Gasteiger partial charge is 0.352 e. The van der Waals surface area contributed by atoms with Crippen LogP contribution >= 0.6 is 0 Å². The zero-order valence-electron chi connectivity index (χ0n) is 35.7. The Bertz CT molecular complexity index is 3130. The highest BCUT2D eigenvalue weighted by atomic mass is 16.2. The van der Waals surface area contributed by atoms with Crippen LogP contribution in [-0.4, -0.2) is 21.8 Å². The lowest BCUT2D eigenvalue weighted by molar-refractivity contribution is 0.101.